The van der Waals surface area contributed by atoms with Gasteiger partial charge < -0.3 is 4.74 Å². The molecule has 8 heteroatoms. The van der Waals surface area contributed by atoms with Gasteiger partial charge in [0.2, 0.25) is 0 Å². The Morgan fingerprint density at radius 2 is 2.07 bits per heavy atom. The first-order valence-corrected chi connectivity index (χ1v) is 11.0. The molecule has 0 amide bonds. The van der Waals surface area contributed by atoms with Crippen molar-refractivity contribution in [2.45, 2.75) is 19.9 Å². The van der Waals surface area contributed by atoms with Crippen LogP contribution in [0.15, 0.2) is 74.3 Å². The minimum absolute atomic E-state index is 0.204. The largest absolute Gasteiger partial charge is 0.463 e. The van der Waals surface area contributed by atoms with E-state index in [9.17, 15) is 9.59 Å². The maximum atomic E-state index is 13.4. The number of ether oxygens (including phenoxy) is 1. The van der Waals surface area contributed by atoms with Crippen molar-refractivity contribution in [3.05, 3.63) is 95.3 Å². The highest BCUT2D eigenvalue weighted by Crippen LogP contribution is 2.31. The summed E-state index contributed by atoms with van der Waals surface area (Å²) >= 11 is 4.73. The molecule has 30 heavy (non-hydrogen) atoms. The molecule has 3 aromatic rings. The number of esters is 1. The van der Waals surface area contributed by atoms with Crippen LogP contribution in [0, 0.1) is 0 Å². The summed E-state index contributed by atoms with van der Waals surface area (Å²) in [5.74, 6) is -0.465. The molecule has 2 aromatic heterocycles. The molecule has 6 nitrogen and oxygen atoms in total. The monoisotopic (exact) mass is 483 g/mol. The summed E-state index contributed by atoms with van der Waals surface area (Å²) < 4.78 is 8.31. The normalized spacial score (nSPS) is 16.2. The van der Waals surface area contributed by atoms with Gasteiger partial charge in [0.15, 0.2) is 4.80 Å². The van der Waals surface area contributed by atoms with Crippen LogP contribution in [0.4, 0.5) is 0 Å². The van der Waals surface area contributed by atoms with E-state index in [1.165, 1.54) is 11.3 Å². The lowest BCUT2D eigenvalue weighted by molar-refractivity contribution is -0.139. The number of halogens is 1. The Bertz CT molecular complexity index is 1310. The van der Waals surface area contributed by atoms with E-state index in [1.54, 1.807) is 36.9 Å². The molecule has 0 bridgehead atoms. The average molecular weight is 484 g/mol. The second-order valence-corrected chi connectivity index (χ2v) is 8.56. The fourth-order valence-electron chi connectivity index (χ4n) is 3.36. The van der Waals surface area contributed by atoms with Crippen LogP contribution >= 0.6 is 27.3 Å². The number of thiazole rings is 1. The van der Waals surface area contributed by atoms with E-state index >= 15 is 0 Å². The standard InChI is InChI=1S/C22H18BrN3O3S/c1-3-29-21(28)18-13(2)25-22-26(19(18)15-6-8-16(23)9-7-15)20(27)17(30-22)11-14-5-4-10-24-12-14/h4-12,19H,3H2,1-2H3/t19-/m1/s1. The summed E-state index contributed by atoms with van der Waals surface area (Å²) in [6.07, 6.45) is 5.17. The van der Waals surface area contributed by atoms with E-state index in [4.69, 9.17) is 4.74 Å². The van der Waals surface area contributed by atoms with Crippen LogP contribution in [0.25, 0.3) is 6.08 Å². The number of nitrogens with zero attached hydrogens (tertiary/aromatic N) is 3. The van der Waals surface area contributed by atoms with Crippen molar-refractivity contribution in [1.82, 2.24) is 9.55 Å². The van der Waals surface area contributed by atoms with E-state index in [0.717, 1.165) is 15.6 Å². The number of allylic oxidation sites excluding steroid dienone is 1. The van der Waals surface area contributed by atoms with Crippen LogP contribution in [0.1, 0.15) is 31.0 Å². The van der Waals surface area contributed by atoms with Gasteiger partial charge >= 0.3 is 5.97 Å². The summed E-state index contributed by atoms with van der Waals surface area (Å²) in [6, 6.07) is 10.7. The third kappa shape index (κ3) is 3.80. The molecule has 0 spiro atoms. The van der Waals surface area contributed by atoms with Crippen LogP contribution in [0.3, 0.4) is 0 Å². The second-order valence-electron chi connectivity index (χ2n) is 6.64. The van der Waals surface area contributed by atoms with Gasteiger partial charge in [0.05, 0.1) is 28.5 Å². The average Bonchev–Trinajstić information content (AvgIpc) is 3.03. The van der Waals surface area contributed by atoms with Gasteiger partial charge in [0.25, 0.3) is 5.56 Å². The van der Waals surface area contributed by atoms with Crippen molar-refractivity contribution in [2.75, 3.05) is 6.61 Å². The van der Waals surface area contributed by atoms with Gasteiger partial charge in [-0.15, -0.1) is 0 Å². The maximum absolute atomic E-state index is 13.4. The number of fused-ring (bicyclic) bond motifs is 1. The van der Waals surface area contributed by atoms with Crippen LogP contribution < -0.4 is 14.9 Å². The SMILES string of the molecule is CCOC(=O)C1=C(C)N=c2sc(=Cc3cccnc3)c(=O)n2[C@@H]1c1ccc(Br)cc1. The number of rotatable bonds is 4. The Balaban J connectivity index is 1.96. The molecule has 0 aliphatic carbocycles. The molecular formula is C22H18BrN3O3S. The zero-order valence-corrected chi connectivity index (χ0v) is 18.7. The predicted molar refractivity (Wildman–Crippen MR) is 119 cm³/mol. The van der Waals surface area contributed by atoms with Gasteiger partial charge in [-0.3, -0.25) is 14.3 Å². The topological polar surface area (TPSA) is 73.6 Å². The van der Waals surface area contributed by atoms with Crippen LogP contribution in [-0.2, 0) is 9.53 Å². The number of pyridine rings is 1. The number of benzene rings is 1. The molecule has 0 fully saturated rings. The summed E-state index contributed by atoms with van der Waals surface area (Å²) in [6.45, 7) is 3.77. The molecule has 0 saturated carbocycles. The quantitative estimate of drug-likeness (QED) is 0.534. The summed E-state index contributed by atoms with van der Waals surface area (Å²) in [5, 5.41) is 0. The van der Waals surface area contributed by atoms with Gasteiger partial charge in [-0.1, -0.05) is 45.5 Å². The molecule has 3 heterocycles. The van der Waals surface area contributed by atoms with Crippen molar-refractivity contribution in [3.63, 3.8) is 0 Å². The first-order valence-electron chi connectivity index (χ1n) is 9.34. The number of carbonyl (C=O) groups is 1. The molecule has 1 aromatic carbocycles. The Morgan fingerprint density at radius 1 is 1.30 bits per heavy atom. The maximum Gasteiger partial charge on any atom is 0.338 e. The van der Waals surface area contributed by atoms with Crippen LogP contribution in [-0.4, -0.2) is 22.1 Å². The highest BCUT2D eigenvalue weighted by molar-refractivity contribution is 9.10. The smallest absolute Gasteiger partial charge is 0.338 e. The number of hydrogen-bond acceptors (Lipinski definition) is 6. The highest BCUT2D eigenvalue weighted by atomic mass is 79.9. The lowest BCUT2D eigenvalue weighted by Gasteiger charge is -2.24. The minimum Gasteiger partial charge on any atom is -0.463 e. The number of hydrogen-bond donors (Lipinski definition) is 0. The van der Waals surface area contributed by atoms with Crippen LogP contribution in [0.5, 0.6) is 0 Å². The van der Waals surface area contributed by atoms with E-state index in [1.807, 2.05) is 36.4 Å². The van der Waals surface area contributed by atoms with E-state index in [0.29, 0.717) is 20.6 Å². The third-order valence-electron chi connectivity index (χ3n) is 4.68. The van der Waals surface area contributed by atoms with E-state index in [2.05, 4.69) is 25.9 Å². The molecule has 0 N–H and O–H groups in total. The summed E-state index contributed by atoms with van der Waals surface area (Å²) in [5.41, 5.74) is 2.36. The Kier molecular flexibility index (Phi) is 5.78. The molecule has 0 unspecified atom stereocenters. The van der Waals surface area contributed by atoms with Gasteiger partial charge in [0.1, 0.15) is 0 Å². The van der Waals surface area contributed by atoms with Gasteiger partial charge in [0, 0.05) is 16.9 Å². The molecule has 1 aliphatic rings. The lowest BCUT2D eigenvalue weighted by Crippen LogP contribution is -2.39. The highest BCUT2D eigenvalue weighted by Gasteiger charge is 2.33. The number of carbonyl (C=O) groups excluding carboxylic acids is 1. The first kappa shape index (κ1) is 20.4. The Hall–Kier alpha value is -2.84. The van der Waals surface area contributed by atoms with Gasteiger partial charge in [-0.05, 0) is 49.2 Å². The van der Waals surface area contributed by atoms with Crippen molar-refractivity contribution >= 4 is 39.3 Å². The van der Waals surface area contributed by atoms with E-state index < -0.39 is 12.0 Å². The van der Waals surface area contributed by atoms with Crippen molar-refractivity contribution in [1.29, 1.82) is 0 Å². The Labute approximate surface area is 185 Å². The van der Waals surface area contributed by atoms with Crippen molar-refractivity contribution < 1.29 is 9.53 Å². The molecular weight excluding hydrogens is 466 g/mol. The minimum atomic E-state index is -0.607. The van der Waals surface area contributed by atoms with Crippen LogP contribution in [0.2, 0.25) is 0 Å². The molecule has 0 radical (unpaired) electrons. The second kappa shape index (κ2) is 8.49. The summed E-state index contributed by atoms with van der Waals surface area (Å²) in [4.78, 5) is 35.4. The molecule has 4 rings (SSSR count). The Morgan fingerprint density at radius 3 is 2.73 bits per heavy atom. The first-order chi connectivity index (χ1) is 14.5. The van der Waals surface area contributed by atoms with E-state index in [-0.39, 0.29) is 12.2 Å². The predicted octanol–water partition coefficient (Wildman–Crippen LogP) is 2.96. The molecule has 152 valence electrons. The van der Waals surface area contributed by atoms with Crippen molar-refractivity contribution in [2.24, 2.45) is 4.99 Å². The molecule has 0 saturated heterocycles. The lowest BCUT2D eigenvalue weighted by atomic mass is 9.96. The van der Waals surface area contributed by atoms with Crippen molar-refractivity contribution in [3.8, 4) is 0 Å². The fourth-order valence-corrected chi connectivity index (χ4v) is 4.68. The number of aromatic nitrogens is 2. The molecule has 1 aliphatic heterocycles. The van der Waals surface area contributed by atoms with Gasteiger partial charge in [-0.25, -0.2) is 9.79 Å². The third-order valence-corrected chi connectivity index (χ3v) is 6.20. The van der Waals surface area contributed by atoms with Gasteiger partial charge in [-0.2, -0.15) is 0 Å². The zero-order chi connectivity index (χ0) is 21.3. The zero-order valence-electron chi connectivity index (χ0n) is 16.3. The summed E-state index contributed by atoms with van der Waals surface area (Å²) in [7, 11) is 0. The fraction of sp³-hybridized carbons (Fsp3) is 0.182. The molecule has 1 atom stereocenters.